The number of benzene rings is 1. The SMILES string of the molecule is CC(C)Oc1ccc(C#N)cc1C(=O)N1Cc2cn(CC3CCC3)nc2C1. The number of nitriles is 1. The highest BCUT2D eigenvalue weighted by molar-refractivity contribution is 5.97. The third-order valence-corrected chi connectivity index (χ3v) is 5.29. The molecular weight excluding hydrogens is 340 g/mol. The molecule has 2 aromatic rings. The molecule has 0 radical (unpaired) electrons. The number of hydrogen-bond acceptors (Lipinski definition) is 4. The molecule has 2 heterocycles. The summed E-state index contributed by atoms with van der Waals surface area (Å²) in [5, 5.41) is 13.9. The molecule has 4 rings (SSSR count). The van der Waals surface area contributed by atoms with Crippen molar-refractivity contribution >= 4 is 5.91 Å². The second kappa shape index (κ2) is 7.07. The van der Waals surface area contributed by atoms with Gasteiger partial charge in [-0.2, -0.15) is 10.4 Å². The zero-order valence-corrected chi connectivity index (χ0v) is 15.8. The molecule has 1 amide bonds. The van der Waals surface area contributed by atoms with Gasteiger partial charge in [0.05, 0.1) is 35.5 Å². The highest BCUT2D eigenvalue weighted by Gasteiger charge is 2.30. The van der Waals surface area contributed by atoms with E-state index in [0.717, 1.165) is 23.7 Å². The van der Waals surface area contributed by atoms with E-state index in [2.05, 4.69) is 17.4 Å². The van der Waals surface area contributed by atoms with Gasteiger partial charge < -0.3 is 9.64 Å². The Balaban J connectivity index is 1.51. The molecule has 0 atom stereocenters. The van der Waals surface area contributed by atoms with Crippen molar-refractivity contribution < 1.29 is 9.53 Å². The summed E-state index contributed by atoms with van der Waals surface area (Å²) in [4.78, 5) is 14.9. The Morgan fingerprint density at radius 2 is 2.19 bits per heavy atom. The van der Waals surface area contributed by atoms with Gasteiger partial charge in [-0.25, -0.2) is 0 Å². The maximum absolute atomic E-state index is 13.1. The molecule has 1 aromatic carbocycles. The van der Waals surface area contributed by atoms with Crippen LogP contribution in [0.3, 0.4) is 0 Å². The summed E-state index contributed by atoms with van der Waals surface area (Å²) in [6.07, 6.45) is 5.95. The van der Waals surface area contributed by atoms with E-state index in [9.17, 15) is 10.1 Å². The van der Waals surface area contributed by atoms with E-state index < -0.39 is 0 Å². The van der Waals surface area contributed by atoms with E-state index in [1.54, 1.807) is 23.1 Å². The zero-order valence-electron chi connectivity index (χ0n) is 15.8. The van der Waals surface area contributed by atoms with Crippen molar-refractivity contribution in [1.29, 1.82) is 5.26 Å². The van der Waals surface area contributed by atoms with Crippen molar-refractivity contribution in [3.05, 3.63) is 46.8 Å². The second-order valence-electron chi connectivity index (χ2n) is 7.77. The zero-order chi connectivity index (χ0) is 19.0. The molecule has 6 nitrogen and oxygen atoms in total. The molecule has 6 heteroatoms. The van der Waals surface area contributed by atoms with E-state index in [1.165, 1.54) is 19.3 Å². The molecule has 1 aliphatic heterocycles. The van der Waals surface area contributed by atoms with Gasteiger partial charge in [0.2, 0.25) is 0 Å². The van der Waals surface area contributed by atoms with E-state index in [0.29, 0.717) is 30.0 Å². The van der Waals surface area contributed by atoms with Crippen LogP contribution in [0.1, 0.15) is 60.3 Å². The molecule has 0 N–H and O–H groups in total. The lowest BCUT2D eigenvalue weighted by Gasteiger charge is -2.25. The Hall–Kier alpha value is -2.81. The fraction of sp³-hybridized carbons (Fsp3) is 0.476. The first kappa shape index (κ1) is 17.6. The van der Waals surface area contributed by atoms with Crippen LogP contribution in [0.2, 0.25) is 0 Å². The van der Waals surface area contributed by atoms with Gasteiger partial charge >= 0.3 is 0 Å². The van der Waals surface area contributed by atoms with Crippen LogP contribution in [0.15, 0.2) is 24.4 Å². The van der Waals surface area contributed by atoms with Crippen LogP contribution in [0, 0.1) is 17.2 Å². The summed E-state index contributed by atoms with van der Waals surface area (Å²) >= 11 is 0. The van der Waals surface area contributed by atoms with Crippen molar-refractivity contribution in [1.82, 2.24) is 14.7 Å². The Labute approximate surface area is 159 Å². The molecule has 0 unspecified atom stereocenters. The van der Waals surface area contributed by atoms with Crippen LogP contribution < -0.4 is 4.74 Å². The maximum Gasteiger partial charge on any atom is 0.258 e. The lowest BCUT2D eigenvalue weighted by molar-refractivity contribution is 0.0742. The van der Waals surface area contributed by atoms with Crippen LogP contribution >= 0.6 is 0 Å². The first-order valence-electron chi connectivity index (χ1n) is 9.58. The van der Waals surface area contributed by atoms with Gasteiger partial charge in [-0.15, -0.1) is 0 Å². The van der Waals surface area contributed by atoms with E-state index >= 15 is 0 Å². The molecule has 1 aliphatic carbocycles. The van der Waals surface area contributed by atoms with E-state index in [1.807, 2.05) is 18.5 Å². The number of carbonyl (C=O) groups is 1. The highest BCUT2D eigenvalue weighted by atomic mass is 16.5. The minimum Gasteiger partial charge on any atom is -0.490 e. The molecule has 140 valence electrons. The average Bonchev–Trinajstić information content (AvgIpc) is 3.16. The molecule has 1 saturated carbocycles. The van der Waals surface area contributed by atoms with Gasteiger partial charge in [0.25, 0.3) is 5.91 Å². The standard InChI is InChI=1S/C21H24N4O2/c1-14(2)27-20-7-6-16(9-22)8-18(20)21(26)24-11-17-12-25(23-19(17)13-24)10-15-4-3-5-15/h6-8,12,14-15H,3-5,10-11,13H2,1-2H3. The molecule has 1 aromatic heterocycles. The number of rotatable bonds is 5. The van der Waals surface area contributed by atoms with Crippen LogP contribution in [0.5, 0.6) is 5.75 Å². The Morgan fingerprint density at radius 1 is 1.37 bits per heavy atom. The Bertz CT molecular complexity index is 882. The van der Waals surface area contributed by atoms with Gasteiger partial charge in [-0.1, -0.05) is 6.42 Å². The Kier molecular flexibility index (Phi) is 4.61. The lowest BCUT2D eigenvalue weighted by atomic mass is 9.85. The number of hydrogen-bond donors (Lipinski definition) is 0. The molecule has 0 saturated heterocycles. The number of fused-ring (bicyclic) bond motifs is 1. The molecular formula is C21H24N4O2. The summed E-state index contributed by atoms with van der Waals surface area (Å²) in [7, 11) is 0. The smallest absolute Gasteiger partial charge is 0.258 e. The van der Waals surface area contributed by atoms with Gasteiger partial charge in [-0.05, 0) is 50.8 Å². The number of carbonyl (C=O) groups excluding carboxylic acids is 1. The topological polar surface area (TPSA) is 71.2 Å². The third-order valence-electron chi connectivity index (χ3n) is 5.29. The molecule has 1 fully saturated rings. The summed E-state index contributed by atoms with van der Waals surface area (Å²) < 4.78 is 7.83. The van der Waals surface area contributed by atoms with Gasteiger partial charge in [0, 0.05) is 24.8 Å². The van der Waals surface area contributed by atoms with Gasteiger partial charge in [0.15, 0.2) is 0 Å². The number of ether oxygens (including phenoxy) is 1. The molecule has 27 heavy (non-hydrogen) atoms. The van der Waals surface area contributed by atoms with Crippen molar-refractivity contribution in [3.8, 4) is 11.8 Å². The minimum absolute atomic E-state index is 0.0467. The van der Waals surface area contributed by atoms with E-state index in [-0.39, 0.29) is 12.0 Å². The minimum atomic E-state index is -0.119. The predicted molar refractivity (Wildman–Crippen MR) is 100 cm³/mol. The third kappa shape index (κ3) is 3.55. The first-order valence-corrected chi connectivity index (χ1v) is 9.58. The summed E-state index contributed by atoms with van der Waals surface area (Å²) in [6.45, 7) is 5.88. The summed E-state index contributed by atoms with van der Waals surface area (Å²) in [5.74, 6) is 1.16. The van der Waals surface area contributed by atoms with Crippen molar-refractivity contribution in [2.75, 3.05) is 0 Å². The molecule has 0 spiro atoms. The van der Waals surface area contributed by atoms with E-state index in [4.69, 9.17) is 4.74 Å². The van der Waals surface area contributed by atoms with Crippen molar-refractivity contribution in [2.45, 2.75) is 58.8 Å². The van der Waals surface area contributed by atoms with Crippen LogP contribution in [-0.4, -0.2) is 26.7 Å². The van der Waals surface area contributed by atoms with Crippen LogP contribution in [-0.2, 0) is 19.6 Å². The number of aromatic nitrogens is 2. The quantitative estimate of drug-likeness (QED) is 0.814. The maximum atomic E-state index is 13.1. The fourth-order valence-corrected chi connectivity index (χ4v) is 3.68. The average molecular weight is 364 g/mol. The number of nitrogens with zero attached hydrogens (tertiary/aromatic N) is 4. The normalized spacial score (nSPS) is 16.1. The largest absolute Gasteiger partial charge is 0.490 e. The van der Waals surface area contributed by atoms with Crippen LogP contribution in [0.25, 0.3) is 0 Å². The van der Waals surface area contributed by atoms with Crippen LogP contribution in [0.4, 0.5) is 0 Å². The summed E-state index contributed by atoms with van der Waals surface area (Å²) in [5.41, 5.74) is 2.99. The summed E-state index contributed by atoms with van der Waals surface area (Å²) in [6, 6.07) is 7.11. The van der Waals surface area contributed by atoms with Gasteiger partial charge in [-0.3, -0.25) is 9.48 Å². The monoisotopic (exact) mass is 364 g/mol. The predicted octanol–water partition coefficient (Wildman–Crippen LogP) is 3.50. The second-order valence-corrected chi connectivity index (χ2v) is 7.77. The van der Waals surface area contributed by atoms with Crippen molar-refractivity contribution in [2.24, 2.45) is 5.92 Å². The number of amides is 1. The molecule has 0 bridgehead atoms. The Morgan fingerprint density at radius 3 is 2.81 bits per heavy atom. The van der Waals surface area contributed by atoms with Crippen molar-refractivity contribution in [3.63, 3.8) is 0 Å². The van der Waals surface area contributed by atoms with Gasteiger partial charge in [0.1, 0.15) is 5.75 Å². The highest BCUT2D eigenvalue weighted by Crippen LogP contribution is 2.30. The fourth-order valence-electron chi connectivity index (χ4n) is 3.68. The lowest BCUT2D eigenvalue weighted by Crippen LogP contribution is -2.27. The molecule has 2 aliphatic rings. The first-order chi connectivity index (χ1) is 13.0.